The number of methoxy groups -OCH3 is 2. The quantitative estimate of drug-likeness (QED) is 0.212. The zero-order valence-electron chi connectivity index (χ0n) is 24.6. The van der Waals surface area contributed by atoms with Crippen molar-refractivity contribution < 1.29 is 27.5 Å². The van der Waals surface area contributed by atoms with E-state index >= 15 is 0 Å². The monoisotopic (exact) mass is 679 g/mol. The number of ether oxygens (including phenoxy) is 2. The third kappa shape index (κ3) is 7.78. The Hall–Kier alpha value is -4.35. The molecule has 0 aliphatic rings. The van der Waals surface area contributed by atoms with Crippen LogP contribution in [0.3, 0.4) is 0 Å². The van der Waals surface area contributed by atoms with Crippen LogP contribution in [0.1, 0.15) is 11.1 Å². The topological polar surface area (TPSA) is 105 Å². The molecule has 0 aromatic heterocycles. The number of hydrogen-bond donors (Lipinski definition) is 1. The highest BCUT2D eigenvalue weighted by Crippen LogP contribution is 2.36. The minimum atomic E-state index is -4.29. The molecule has 1 atom stereocenters. The van der Waals surface area contributed by atoms with Gasteiger partial charge in [0.1, 0.15) is 24.1 Å². The zero-order valence-corrected chi connectivity index (χ0v) is 27.0. The third-order valence-electron chi connectivity index (χ3n) is 7.02. The number of carbonyl (C=O) groups is 2. The maximum absolute atomic E-state index is 14.5. The summed E-state index contributed by atoms with van der Waals surface area (Å²) in [7, 11) is 0.102. The lowest BCUT2D eigenvalue weighted by Crippen LogP contribution is -2.53. The maximum atomic E-state index is 14.5. The molecule has 4 rings (SSSR count). The Balaban J connectivity index is 1.84. The Morgan fingerprint density at radius 1 is 0.841 bits per heavy atom. The molecule has 230 valence electrons. The van der Waals surface area contributed by atoms with Crippen LogP contribution < -0.4 is 19.1 Å². The first-order valence-electron chi connectivity index (χ1n) is 13.8. The van der Waals surface area contributed by atoms with Crippen LogP contribution in [0, 0.1) is 0 Å². The molecule has 4 aromatic carbocycles. The minimum absolute atomic E-state index is 0.0108. The highest BCUT2D eigenvalue weighted by molar-refractivity contribution is 9.10. The fourth-order valence-corrected chi connectivity index (χ4v) is 6.66. The van der Waals surface area contributed by atoms with E-state index < -0.39 is 28.5 Å². The minimum Gasteiger partial charge on any atom is -0.497 e. The largest absolute Gasteiger partial charge is 0.497 e. The summed E-state index contributed by atoms with van der Waals surface area (Å²) in [5, 5.41) is 2.68. The summed E-state index contributed by atoms with van der Waals surface area (Å²) in [5.41, 5.74) is 1.72. The number of nitrogens with one attached hydrogen (secondary N) is 1. The van der Waals surface area contributed by atoms with Crippen LogP contribution in [-0.2, 0) is 32.6 Å². The van der Waals surface area contributed by atoms with E-state index in [0.717, 1.165) is 19.9 Å². The molecule has 1 N–H and O–H groups in total. The van der Waals surface area contributed by atoms with E-state index in [4.69, 9.17) is 9.47 Å². The van der Waals surface area contributed by atoms with E-state index in [1.54, 1.807) is 30.3 Å². The van der Waals surface area contributed by atoms with Crippen LogP contribution in [-0.4, -0.2) is 59.0 Å². The van der Waals surface area contributed by atoms with Gasteiger partial charge in [-0.2, -0.15) is 0 Å². The number of carbonyl (C=O) groups excluding carboxylic acids is 2. The van der Waals surface area contributed by atoms with Crippen molar-refractivity contribution in [2.24, 2.45) is 0 Å². The summed E-state index contributed by atoms with van der Waals surface area (Å²) in [5.74, 6) is -0.365. The number of benzene rings is 4. The molecular weight excluding hydrogens is 646 g/mol. The molecule has 0 saturated carbocycles. The van der Waals surface area contributed by atoms with Gasteiger partial charge in [0.2, 0.25) is 11.8 Å². The molecule has 2 amide bonds. The van der Waals surface area contributed by atoms with Crippen LogP contribution >= 0.6 is 15.9 Å². The second kappa shape index (κ2) is 14.9. The van der Waals surface area contributed by atoms with Crippen molar-refractivity contribution in [3.05, 3.63) is 119 Å². The van der Waals surface area contributed by atoms with Crippen molar-refractivity contribution in [1.82, 2.24) is 10.2 Å². The van der Waals surface area contributed by atoms with Crippen LogP contribution in [0.2, 0.25) is 0 Å². The SMILES string of the molecule is CNC(=O)C(Cc1ccccc1)N(Cc1cccc(Br)c1)C(=O)CN(c1cc(OC)ccc1OC)S(=O)(=O)c1ccccc1. The second-order valence-corrected chi connectivity index (χ2v) is 12.6. The van der Waals surface area contributed by atoms with Gasteiger partial charge in [-0.1, -0.05) is 76.6 Å². The van der Waals surface area contributed by atoms with Crippen molar-refractivity contribution in [1.29, 1.82) is 0 Å². The van der Waals surface area contributed by atoms with E-state index in [1.165, 1.54) is 44.4 Å². The van der Waals surface area contributed by atoms with E-state index in [1.807, 2.05) is 54.6 Å². The summed E-state index contributed by atoms with van der Waals surface area (Å²) >= 11 is 3.48. The Bertz CT molecular complexity index is 1690. The maximum Gasteiger partial charge on any atom is 0.264 e. The highest BCUT2D eigenvalue weighted by atomic mass is 79.9. The summed E-state index contributed by atoms with van der Waals surface area (Å²) in [6.45, 7) is -0.561. The Kier molecular flexibility index (Phi) is 11.0. The normalized spacial score (nSPS) is 11.7. The van der Waals surface area contributed by atoms with Crippen molar-refractivity contribution in [2.75, 3.05) is 32.1 Å². The molecule has 0 aliphatic heterocycles. The predicted molar refractivity (Wildman–Crippen MR) is 173 cm³/mol. The fourth-order valence-electron chi connectivity index (χ4n) is 4.78. The molecule has 11 heteroatoms. The molecule has 0 saturated heterocycles. The van der Waals surface area contributed by atoms with Crippen LogP contribution in [0.25, 0.3) is 0 Å². The number of anilines is 1. The molecule has 4 aromatic rings. The van der Waals surface area contributed by atoms with Gasteiger partial charge in [0, 0.05) is 30.6 Å². The number of hydrogen-bond acceptors (Lipinski definition) is 6. The predicted octanol–water partition coefficient (Wildman–Crippen LogP) is 5.05. The van der Waals surface area contributed by atoms with Gasteiger partial charge < -0.3 is 19.7 Å². The zero-order chi connectivity index (χ0) is 31.7. The van der Waals surface area contributed by atoms with Crippen molar-refractivity contribution in [3.63, 3.8) is 0 Å². The van der Waals surface area contributed by atoms with Gasteiger partial charge in [0.25, 0.3) is 10.0 Å². The lowest BCUT2D eigenvalue weighted by molar-refractivity contribution is -0.139. The Morgan fingerprint density at radius 2 is 1.50 bits per heavy atom. The first-order chi connectivity index (χ1) is 21.2. The summed E-state index contributed by atoms with van der Waals surface area (Å²) in [6.07, 6.45) is 0.216. The molecule has 9 nitrogen and oxygen atoms in total. The van der Waals surface area contributed by atoms with Crippen LogP contribution in [0.4, 0.5) is 5.69 Å². The van der Waals surface area contributed by atoms with E-state index in [2.05, 4.69) is 21.2 Å². The molecule has 0 radical (unpaired) electrons. The Labute approximate surface area is 266 Å². The van der Waals surface area contributed by atoms with E-state index in [9.17, 15) is 18.0 Å². The molecular formula is C33H34BrN3O6S. The van der Waals surface area contributed by atoms with Gasteiger partial charge in [-0.05, 0) is 47.5 Å². The van der Waals surface area contributed by atoms with Gasteiger partial charge in [-0.25, -0.2) is 8.42 Å². The van der Waals surface area contributed by atoms with Gasteiger partial charge >= 0.3 is 0 Å². The van der Waals surface area contributed by atoms with Crippen LogP contribution in [0.5, 0.6) is 11.5 Å². The summed E-state index contributed by atoms with van der Waals surface area (Å²) in [4.78, 5) is 29.3. The third-order valence-corrected chi connectivity index (χ3v) is 9.29. The molecule has 0 spiro atoms. The first kappa shape index (κ1) is 32.6. The average Bonchev–Trinajstić information content (AvgIpc) is 3.05. The van der Waals surface area contributed by atoms with Crippen molar-refractivity contribution in [2.45, 2.75) is 23.9 Å². The number of likely N-dealkylation sites (N-methyl/N-ethyl adjacent to an activating group) is 1. The van der Waals surface area contributed by atoms with E-state index in [0.29, 0.717) is 5.75 Å². The molecule has 0 fully saturated rings. The summed E-state index contributed by atoms with van der Waals surface area (Å²) < 4.78 is 41.1. The Morgan fingerprint density at radius 3 is 2.11 bits per heavy atom. The fraction of sp³-hybridized carbons (Fsp3) is 0.212. The summed E-state index contributed by atoms with van der Waals surface area (Å²) in [6, 6.07) is 28.4. The number of amides is 2. The number of rotatable bonds is 13. The molecule has 1 unspecified atom stereocenters. The number of halogens is 1. The number of nitrogens with zero attached hydrogens (tertiary/aromatic N) is 2. The number of sulfonamides is 1. The van der Waals surface area contributed by atoms with Gasteiger partial charge in [0.05, 0.1) is 24.8 Å². The lowest BCUT2D eigenvalue weighted by Gasteiger charge is -2.34. The second-order valence-electron chi connectivity index (χ2n) is 9.83. The molecule has 0 bridgehead atoms. The van der Waals surface area contributed by atoms with Crippen LogP contribution in [0.15, 0.2) is 112 Å². The van der Waals surface area contributed by atoms with Gasteiger partial charge in [-0.3, -0.25) is 13.9 Å². The molecule has 0 heterocycles. The molecule has 0 aliphatic carbocycles. The standard InChI is InChI=1S/C33H34BrN3O6S/c1-35-33(39)30(20-24-11-6-4-7-12-24)36(22-25-13-10-14-26(34)19-25)32(38)23-37(44(40,41)28-15-8-5-9-16-28)29-21-27(42-2)17-18-31(29)43-3/h4-19,21,30H,20,22-23H2,1-3H3,(H,35,39). The van der Waals surface area contributed by atoms with Gasteiger partial charge in [-0.15, -0.1) is 0 Å². The molecule has 44 heavy (non-hydrogen) atoms. The first-order valence-corrected chi connectivity index (χ1v) is 16.0. The van der Waals surface area contributed by atoms with E-state index in [-0.39, 0.29) is 35.2 Å². The van der Waals surface area contributed by atoms with Crippen molar-refractivity contribution >= 4 is 43.5 Å². The lowest BCUT2D eigenvalue weighted by atomic mass is 10.0. The smallest absolute Gasteiger partial charge is 0.264 e. The van der Waals surface area contributed by atoms with Gasteiger partial charge in [0.15, 0.2) is 0 Å². The average molecular weight is 681 g/mol. The highest BCUT2D eigenvalue weighted by Gasteiger charge is 2.35. The van der Waals surface area contributed by atoms with Crippen molar-refractivity contribution in [3.8, 4) is 11.5 Å².